The molecule has 3 aliphatic rings. The van der Waals surface area contributed by atoms with Crippen LogP contribution in [-0.2, 0) is 6.54 Å². The highest BCUT2D eigenvalue weighted by Gasteiger charge is 2.41. The molecular formula is C17H23N. The Morgan fingerprint density at radius 3 is 2.22 bits per heavy atom. The van der Waals surface area contributed by atoms with Gasteiger partial charge in [-0.1, -0.05) is 24.3 Å². The van der Waals surface area contributed by atoms with E-state index in [-0.39, 0.29) is 0 Å². The lowest BCUT2D eigenvalue weighted by Crippen LogP contribution is -2.32. The second-order valence-electron chi connectivity index (χ2n) is 6.55. The third kappa shape index (κ3) is 2.33. The van der Waals surface area contributed by atoms with E-state index < -0.39 is 0 Å². The van der Waals surface area contributed by atoms with Crippen molar-refractivity contribution in [1.29, 1.82) is 0 Å². The van der Waals surface area contributed by atoms with Crippen molar-refractivity contribution in [3.05, 3.63) is 35.4 Å². The average molecular weight is 241 g/mol. The van der Waals surface area contributed by atoms with Crippen molar-refractivity contribution in [2.45, 2.75) is 57.0 Å². The van der Waals surface area contributed by atoms with Gasteiger partial charge in [-0.05, 0) is 67.4 Å². The van der Waals surface area contributed by atoms with Crippen molar-refractivity contribution in [3.8, 4) is 0 Å². The summed E-state index contributed by atoms with van der Waals surface area (Å²) in [6, 6.07) is 9.91. The fraction of sp³-hybridized carbons (Fsp3) is 0.647. The molecule has 0 saturated heterocycles. The van der Waals surface area contributed by atoms with Crippen LogP contribution in [-0.4, -0.2) is 6.04 Å². The molecule has 1 aromatic rings. The molecule has 0 aliphatic heterocycles. The van der Waals surface area contributed by atoms with Gasteiger partial charge in [0.05, 0.1) is 0 Å². The van der Waals surface area contributed by atoms with E-state index in [0.29, 0.717) is 0 Å². The first-order valence-electron chi connectivity index (χ1n) is 7.73. The molecule has 3 aliphatic carbocycles. The number of hydrogen-bond acceptors (Lipinski definition) is 1. The lowest BCUT2D eigenvalue weighted by atomic mass is 10.0. The third-order valence-corrected chi connectivity index (χ3v) is 4.86. The number of nitrogens with one attached hydrogen (secondary N) is 1. The van der Waals surface area contributed by atoms with Crippen molar-refractivity contribution in [2.24, 2.45) is 11.8 Å². The van der Waals surface area contributed by atoms with Gasteiger partial charge >= 0.3 is 0 Å². The molecule has 0 unspecified atom stereocenters. The maximum absolute atomic E-state index is 3.88. The first-order valence-corrected chi connectivity index (χ1v) is 7.73. The van der Waals surface area contributed by atoms with Crippen molar-refractivity contribution < 1.29 is 0 Å². The van der Waals surface area contributed by atoms with E-state index in [1.165, 1.54) is 38.5 Å². The van der Waals surface area contributed by atoms with E-state index in [2.05, 4.69) is 29.6 Å². The maximum Gasteiger partial charge on any atom is 0.0211 e. The van der Waals surface area contributed by atoms with Crippen molar-refractivity contribution >= 4 is 0 Å². The highest BCUT2D eigenvalue weighted by Crippen LogP contribution is 2.45. The molecule has 0 spiro atoms. The molecule has 1 heteroatoms. The zero-order valence-electron chi connectivity index (χ0n) is 11.1. The molecular weight excluding hydrogens is 218 g/mol. The average Bonchev–Trinajstić information content (AvgIpc) is 3.28. The minimum Gasteiger partial charge on any atom is -0.309 e. The van der Waals surface area contributed by atoms with Crippen LogP contribution >= 0.6 is 0 Å². The molecule has 0 heterocycles. The summed E-state index contributed by atoms with van der Waals surface area (Å²) in [7, 11) is 0. The van der Waals surface area contributed by atoms with Gasteiger partial charge in [0.25, 0.3) is 0 Å². The third-order valence-electron chi connectivity index (χ3n) is 4.86. The van der Waals surface area contributed by atoms with Crippen LogP contribution in [0.2, 0.25) is 0 Å². The summed E-state index contributed by atoms with van der Waals surface area (Å²) in [5.41, 5.74) is 3.18. The van der Waals surface area contributed by atoms with Gasteiger partial charge in [-0.2, -0.15) is 0 Å². The molecule has 96 valence electrons. The van der Waals surface area contributed by atoms with E-state index in [1.807, 2.05) is 0 Å². The van der Waals surface area contributed by atoms with Gasteiger partial charge in [0, 0.05) is 12.6 Å². The minimum atomic E-state index is 0.831. The largest absolute Gasteiger partial charge is 0.309 e. The highest BCUT2D eigenvalue weighted by atomic mass is 14.9. The van der Waals surface area contributed by atoms with Crippen LogP contribution in [0.25, 0.3) is 0 Å². The number of rotatable bonds is 6. The molecule has 1 aromatic carbocycles. The molecule has 4 rings (SSSR count). The zero-order valence-corrected chi connectivity index (χ0v) is 11.1. The highest BCUT2D eigenvalue weighted by molar-refractivity contribution is 5.33. The van der Waals surface area contributed by atoms with Crippen LogP contribution in [0.1, 0.15) is 55.6 Å². The van der Waals surface area contributed by atoms with E-state index in [9.17, 15) is 0 Å². The lowest BCUT2D eigenvalue weighted by molar-refractivity contribution is 0.415. The van der Waals surface area contributed by atoms with Crippen LogP contribution in [0, 0.1) is 11.8 Å². The normalized spacial score (nSPS) is 23.6. The van der Waals surface area contributed by atoms with E-state index in [0.717, 1.165) is 30.3 Å². The molecule has 0 radical (unpaired) electrons. The molecule has 3 saturated carbocycles. The first-order chi connectivity index (χ1) is 8.92. The van der Waals surface area contributed by atoms with Crippen LogP contribution < -0.4 is 5.32 Å². The number of hydrogen-bond donors (Lipinski definition) is 1. The fourth-order valence-electron chi connectivity index (χ4n) is 3.34. The summed E-state index contributed by atoms with van der Waals surface area (Å²) >= 11 is 0. The summed E-state index contributed by atoms with van der Waals surface area (Å²) in [4.78, 5) is 0. The Balaban J connectivity index is 1.44. The van der Waals surface area contributed by atoms with E-state index >= 15 is 0 Å². The quantitative estimate of drug-likeness (QED) is 0.798. The summed E-state index contributed by atoms with van der Waals surface area (Å²) in [6.45, 7) is 1.10. The Bertz CT molecular complexity index is 415. The molecule has 0 bridgehead atoms. The SMILES string of the molecule is c1ccc(C2CC2)c(CNC(C2CC2)C2CC2)c1. The molecule has 3 fully saturated rings. The van der Waals surface area contributed by atoms with Crippen LogP contribution in [0.15, 0.2) is 24.3 Å². The predicted molar refractivity (Wildman–Crippen MR) is 74.5 cm³/mol. The fourth-order valence-corrected chi connectivity index (χ4v) is 3.34. The second kappa shape index (κ2) is 4.38. The Morgan fingerprint density at radius 2 is 1.61 bits per heavy atom. The van der Waals surface area contributed by atoms with Crippen LogP contribution in [0.5, 0.6) is 0 Å². The van der Waals surface area contributed by atoms with Crippen molar-refractivity contribution in [3.63, 3.8) is 0 Å². The summed E-state index contributed by atoms with van der Waals surface area (Å²) < 4.78 is 0. The molecule has 0 atom stereocenters. The first kappa shape index (κ1) is 11.0. The molecule has 18 heavy (non-hydrogen) atoms. The zero-order chi connectivity index (χ0) is 11.9. The lowest BCUT2D eigenvalue weighted by Gasteiger charge is -2.19. The van der Waals surface area contributed by atoms with Crippen molar-refractivity contribution in [2.75, 3.05) is 0 Å². The smallest absolute Gasteiger partial charge is 0.0211 e. The molecule has 1 nitrogen and oxygen atoms in total. The standard InChI is InChI=1S/C17H23N/c1-2-4-16(12-5-6-12)15(3-1)11-18-17(13-7-8-13)14-9-10-14/h1-4,12-14,17-18H,5-11H2. The van der Waals surface area contributed by atoms with Gasteiger partial charge in [0.1, 0.15) is 0 Å². The number of benzene rings is 1. The summed E-state index contributed by atoms with van der Waals surface area (Å²) in [6.07, 6.45) is 8.70. The molecule has 0 amide bonds. The monoisotopic (exact) mass is 241 g/mol. The van der Waals surface area contributed by atoms with Gasteiger partial charge in [-0.3, -0.25) is 0 Å². The predicted octanol–water partition coefficient (Wildman–Crippen LogP) is 3.84. The maximum atomic E-state index is 3.88. The van der Waals surface area contributed by atoms with Gasteiger partial charge in [-0.25, -0.2) is 0 Å². The van der Waals surface area contributed by atoms with Crippen LogP contribution in [0.3, 0.4) is 0 Å². The Morgan fingerprint density at radius 1 is 0.944 bits per heavy atom. The Labute approximate surface area is 110 Å². The Kier molecular flexibility index (Phi) is 2.69. The topological polar surface area (TPSA) is 12.0 Å². The van der Waals surface area contributed by atoms with Crippen molar-refractivity contribution in [1.82, 2.24) is 5.32 Å². The van der Waals surface area contributed by atoms with Gasteiger partial charge in [-0.15, -0.1) is 0 Å². The van der Waals surface area contributed by atoms with E-state index in [1.54, 1.807) is 11.1 Å². The minimum absolute atomic E-state index is 0.831. The molecule has 1 N–H and O–H groups in total. The second-order valence-corrected chi connectivity index (χ2v) is 6.55. The summed E-state index contributed by atoms with van der Waals surface area (Å²) in [5.74, 6) is 2.89. The van der Waals surface area contributed by atoms with Gasteiger partial charge in [0.2, 0.25) is 0 Å². The van der Waals surface area contributed by atoms with Gasteiger partial charge < -0.3 is 5.32 Å². The van der Waals surface area contributed by atoms with E-state index in [4.69, 9.17) is 0 Å². The Hall–Kier alpha value is -0.820. The van der Waals surface area contributed by atoms with Crippen LogP contribution in [0.4, 0.5) is 0 Å². The van der Waals surface area contributed by atoms with Gasteiger partial charge in [0.15, 0.2) is 0 Å². The molecule has 0 aromatic heterocycles. The summed E-state index contributed by atoms with van der Waals surface area (Å²) in [5, 5.41) is 3.88.